The van der Waals surface area contributed by atoms with Crippen molar-refractivity contribution in [1.29, 1.82) is 0 Å². The van der Waals surface area contributed by atoms with Crippen LogP contribution in [0.1, 0.15) is 15.9 Å². The predicted molar refractivity (Wildman–Crippen MR) is 105 cm³/mol. The van der Waals surface area contributed by atoms with Gasteiger partial charge >= 0.3 is 5.97 Å². The molecule has 0 heterocycles. The number of hydrogen-bond donors (Lipinski definition) is 0. The molecule has 1 unspecified atom stereocenters. The third-order valence-corrected chi connectivity index (χ3v) is 4.19. The van der Waals surface area contributed by atoms with E-state index in [2.05, 4.69) is 18.2 Å². The summed E-state index contributed by atoms with van der Waals surface area (Å²) in [7, 11) is 1.28. The number of carbonyl (C=O) groups is 2. The van der Waals surface area contributed by atoms with Crippen LogP contribution in [-0.2, 0) is 16.0 Å². The second-order valence-corrected chi connectivity index (χ2v) is 5.89. The maximum absolute atomic E-state index is 13.2. The maximum Gasteiger partial charge on any atom is 0.336 e. The first-order valence-electron chi connectivity index (χ1n) is 8.39. The fraction of sp³-hybridized carbons (Fsp3) is 0.174. The van der Waals surface area contributed by atoms with E-state index in [0.29, 0.717) is 5.56 Å². The number of benzene rings is 2. The fourth-order valence-corrected chi connectivity index (χ4v) is 2.94. The Labute approximate surface area is 159 Å². The van der Waals surface area contributed by atoms with E-state index in [9.17, 15) is 9.59 Å². The molecule has 1 amide bonds. The number of ether oxygens (including phenoxy) is 1. The number of hydrogen-bond acceptors (Lipinski definition) is 3. The first-order valence-corrected chi connectivity index (χ1v) is 8.39. The molecule has 0 aliphatic rings. The molecule has 2 aromatic rings. The fourth-order valence-electron chi connectivity index (χ4n) is 2.94. The van der Waals surface area contributed by atoms with Crippen molar-refractivity contribution in [3.63, 3.8) is 0 Å². The van der Waals surface area contributed by atoms with Crippen LogP contribution in [0.25, 0.3) is 0 Å². The van der Waals surface area contributed by atoms with Crippen molar-refractivity contribution >= 4 is 11.9 Å². The minimum atomic E-state index is -1.46. The molecular formula is C23H21NO3. The van der Waals surface area contributed by atoms with Gasteiger partial charge in [0.1, 0.15) is 0 Å². The van der Waals surface area contributed by atoms with Crippen LogP contribution in [0, 0.1) is 12.3 Å². The van der Waals surface area contributed by atoms with Gasteiger partial charge in [-0.1, -0.05) is 61.0 Å². The Morgan fingerprint density at radius 3 is 2.26 bits per heavy atom. The van der Waals surface area contributed by atoms with Crippen LogP contribution in [0.4, 0.5) is 0 Å². The summed E-state index contributed by atoms with van der Waals surface area (Å²) in [5, 5.41) is 0. The zero-order chi connectivity index (χ0) is 19.7. The van der Waals surface area contributed by atoms with Crippen molar-refractivity contribution in [1.82, 2.24) is 4.90 Å². The Balaban J connectivity index is 2.62. The van der Waals surface area contributed by atoms with Gasteiger partial charge in [-0.2, -0.15) is 0 Å². The van der Waals surface area contributed by atoms with Gasteiger partial charge in [0.05, 0.1) is 13.7 Å². The maximum atomic E-state index is 13.2. The largest absolute Gasteiger partial charge is 0.467 e. The van der Waals surface area contributed by atoms with Crippen molar-refractivity contribution in [2.24, 2.45) is 0 Å². The molecule has 0 radical (unpaired) electrons. The summed E-state index contributed by atoms with van der Waals surface area (Å²) in [5.74, 6) is 1.49. The smallest absolute Gasteiger partial charge is 0.336 e. The second-order valence-electron chi connectivity index (χ2n) is 5.89. The lowest BCUT2D eigenvalue weighted by atomic mass is 9.87. The van der Waals surface area contributed by atoms with Gasteiger partial charge < -0.3 is 9.64 Å². The molecule has 1 atom stereocenters. The number of nitrogens with zero attached hydrogens (tertiary/aromatic N) is 1. The van der Waals surface area contributed by atoms with E-state index < -0.39 is 11.5 Å². The molecule has 0 aromatic heterocycles. The molecule has 0 fully saturated rings. The molecule has 27 heavy (non-hydrogen) atoms. The highest BCUT2D eigenvalue weighted by atomic mass is 16.5. The van der Waals surface area contributed by atoms with E-state index >= 15 is 0 Å². The van der Waals surface area contributed by atoms with Crippen molar-refractivity contribution < 1.29 is 14.3 Å². The summed E-state index contributed by atoms with van der Waals surface area (Å²) >= 11 is 0. The Hall–Kier alpha value is -3.54. The van der Waals surface area contributed by atoms with Crippen molar-refractivity contribution in [3.05, 3.63) is 90.2 Å². The lowest BCUT2D eigenvalue weighted by Crippen LogP contribution is -2.58. The van der Waals surface area contributed by atoms with Crippen LogP contribution in [0.3, 0.4) is 0 Å². The van der Waals surface area contributed by atoms with E-state index in [4.69, 9.17) is 11.2 Å². The van der Waals surface area contributed by atoms with Gasteiger partial charge in [0.2, 0.25) is 0 Å². The molecule has 4 nitrogen and oxygen atoms in total. The van der Waals surface area contributed by atoms with Crippen LogP contribution in [-0.4, -0.2) is 36.0 Å². The summed E-state index contributed by atoms with van der Waals surface area (Å²) in [4.78, 5) is 27.5. The molecule has 2 aromatic carbocycles. The van der Waals surface area contributed by atoms with Gasteiger partial charge in [-0.3, -0.25) is 4.79 Å². The van der Waals surface area contributed by atoms with E-state index in [1.165, 1.54) is 18.1 Å². The summed E-state index contributed by atoms with van der Waals surface area (Å²) in [6.45, 7) is 3.52. The van der Waals surface area contributed by atoms with Gasteiger partial charge in [0, 0.05) is 12.0 Å². The van der Waals surface area contributed by atoms with Gasteiger partial charge in [0.15, 0.2) is 5.54 Å². The normalized spacial score (nSPS) is 12.0. The Bertz CT molecular complexity index is 877. The molecular weight excluding hydrogens is 338 g/mol. The van der Waals surface area contributed by atoms with Crippen LogP contribution in [0.5, 0.6) is 0 Å². The van der Waals surface area contributed by atoms with Crippen LogP contribution >= 0.6 is 0 Å². The SMILES string of the molecule is C#CCN(C(=O)c1ccccc1)C(C=C=C)(Cc1ccccc1)C(=O)OC. The standard InChI is InChI=1S/C23H21NO3/c1-4-16-23(22(26)27-3,18-19-12-8-6-9-13-19)24(17-5-2)21(25)20-14-10-7-11-15-20/h2,6-16H,1,17-18H2,3H3. The monoisotopic (exact) mass is 359 g/mol. The van der Waals surface area contributed by atoms with Gasteiger partial charge in [-0.15, -0.1) is 12.2 Å². The number of rotatable bonds is 7. The summed E-state index contributed by atoms with van der Waals surface area (Å²) in [5.41, 5.74) is 2.46. The van der Waals surface area contributed by atoms with Crippen LogP contribution < -0.4 is 0 Å². The molecule has 136 valence electrons. The molecule has 0 N–H and O–H groups in total. The Kier molecular flexibility index (Phi) is 6.77. The van der Waals surface area contributed by atoms with E-state index in [1.54, 1.807) is 24.3 Å². The highest BCUT2D eigenvalue weighted by molar-refractivity contribution is 5.99. The number of amides is 1. The average Bonchev–Trinajstić information content (AvgIpc) is 2.72. The topological polar surface area (TPSA) is 46.6 Å². The van der Waals surface area contributed by atoms with E-state index in [0.717, 1.165) is 5.56 Å². The van der Waals surface area contributed by atoms with Gasteiger partial charge in [-0.05, 0) is 23.8 Å². The van der Waals surface area contributed by atoms with Crippen molar-refractivity contribution in [2.45, 2.75) is 12.0 Å². The summed E-state index contributed by atoms with van der Waals surface area (Å²) in [6, 6.07) is 18.0. The zero-order valence-corrected chi connectivity index (χ0v) is 15.2. The van der Waals surface area contributed by atoms with Gasteiger partial charge in [0.25, 0.3) is 5.91 Å². The molecule has 4 heteroatoms. The number of esters is 1. The van der Waals surface area contributed by atoms with Crippen molar-refractivity contribution in [3.8, 4) is 12.3 Å². The highest BCUT2D eigenvalue weighted by Gasteiger charge is 2.46. The number of carbonyl (C=O) groups excluding carboxylic acids is 2. The first-order chi connectivity index (χ1) is 13.1. The first kappa shape index (κ1) is 19.8. The van der Waals surface area contributed by atoms with Crippen LogP contribution in [0.2, 0.25) is 0 Å². The van der Waals surface area contributed by atoms with Crippen LogP contribution in [0.15, 0.2) is 79.0 Å². The lowest BCUT2D eigenvalue weighted by molar-refractivity contribution is -0.150. The third kappa shape index (κ3) is 4.36. The summed E-state index contributed by atoms with van der Waals surface area (Å²) < 4.78 is 5.05. The predicted octanol–water partition coefficient (Wildman–Crippen LogP) is 3.26. The minimum Gasteiger partial charge on any atom is -0.467 e. The van der Waals surface area contributed by atoms with E-state index in [1.807, 2.05) is 36.4 Å². The van der Waals surface area contributed by atoms with Gasteiger partial charge in [-0.25, -0.2) is 4.79 Å². The lowest BCUT2D eigenvalue weighted by Gasteiger charge is -2.38. The molecule has 2 rings (SSSR count). The minimum absolute atomic E-state index is 0.0756. The number of terminal acetylenes is 1. The molecule has 0 aliphatic carbocycles. The molecule has 0 aliphatic heterocycles. The highest BCUT2D eigenvalue weighted by Crippen LogP contribution is 2.27. The molecule has 0 bridgehead atoms. The molecule has 0 saturated carbocycles. The number of methoxy groups -OCH3 is 1. The third-order valence-electron chi connectivity index (χ3n) is 4.19. The summed E-state index contributed by atoms with van der Waals surface area (Å²) in [6.07, 6.45) is 7.16. The quantitative estimate of drug-likeness (QED) is 0.433. The molecule has 0 saturated heterocycles. The second kappa shape index (κ2) is 9.24. The van der Waals surface area contributed by atoms with Crippen molar-refractivity contribution in [2.75, 3.05) is 13.7 Å². The Morgan fingerprint density at radius 1 is 1.15 bits per heavy atom. The van der Waals surface area contributed by atoms with E-state index in [-0.39, 0.29) is 18.9 Å². The zero-order valence-electron chi connectivity index (χ0n) is 15.2. The molecule has 0 spiro atoms. The average molecular weight is 359 g/mol. The Morgan fingerprint density at radius 2 is 1.74 bits per heavy atom.